The van der Waals surface area contributed by atoms with Gasteiger partial charge in [0.15, 0.2) is 0 Å². The van der Waals surface area contributed by atoms with E-state index in [4.69, 9.17) is 0 Å². The van der Waals surface area contributed by atoms with E-state index in [0.717, 1.165) is 31.4 Å². The van der Waals surface area contributed by atoms with Crippen molar-refractivity contribution >= 4 is 11.6 Å². The predicted molar refractivity (Wildman–Crippen MR) is 95.8 cm³/mol. The van der Waals surface area contributed by atoms with Crippen LogP contribution >= 0.6 is 0 Å². The molecule has 3 rings (SSSR count). The Hall–Kier alpha value is -2.35. The highest BCUT2D eigenvalue weighted by molar-refractivity contribution is 5.93. The second-order valence-electron chi connectivity index (χ2n) is 6.09. The Morgan fingerprint density at radius 2 is 1.57 bits per heavy atom. The van der Waals surface area contributed by atoms with Crippen LogP contribution in [0.5, 0.6) is 0 Å². The molecule has 118 valence electrons. The average Bonchev–Trinajstić information content (AvgIpc) is 2.59. The molecule has 23 heavy (non-hydrogen) atoms. The molecule has 0 unspecified atom stereocenters. The van der Waals surface area contributed by atoms with Crippen molar-refractivity contribution in [1.82, 2.24) is 0 Å². The summed E-state index contributed by atoms with van der Waals surface area (Å²) in [5.41, 5.74) is 6.20. The first-order valence-electron chi connectivity index (χ1n) is 8.39. The van der Waals surface area contributed by atoms with E-state index in [1.165, 1.54) is 22.3 Å². The largest absolute Gasteiger partial charge is 0.326 e. The topological polar surface area (TPSA) is 29.1 Å². The molecule has 1 aliphatic rings. The van der Waals surface area contributed by atoms with E-state index >= 15 is 0 Å². The lowest BCUT2D eigenvalue weighted by atomic mass is 9.99. The van der Waals surface area contributed by atoms with Gasteiger partial charge in [-0.2, -0.15) is 0 Å². The standard InChI is InChI=1S/C21H23NO/c1-2-16-7-9-17(10-8-16)5-3-4-6-18-11-12-19-13-14-21(23)22-20(19)15-18/h3-4,7-12,15H,2,5-6,13-14H2,1H3,(H,22,23)/b4-3+. The van der Waals surface area contributed by atoms with E-state index in [1.807, 2.05) is 0 Å². The second-order valence-corrected chi connectivity index (χ2v) is 6.09. The average molecular weight is 305 g/mol. The minimum atomic E-state index is 0.126. The van der Waals surface area contributed by atoms with Crippen molar-refractivity contribution in [2.45, 2.75) is 39.0 Å². The molecule has 0 atom stereocenters. The SMILES string of the molecule is CCc1ccc(C/C=C/Cc2ccc3c(c2)NC(=O)CC3)cc1. The Labute approximate surface area is 138 Å². The van der Waals surface area contributed by atoms with Gasteiger partial charge in [0, 0.05) is 12.1 Å². The van der Waals surface area contributed by atoms with Gasteiger partial charge in [0.25, 0.3) is 0 Å². The predicted octanol–water partition coefficient (Wildman–Crippen LogP) is 4.48. The van der Waals surface area contributed by atoms with Gasteiger partial charge in [-0.15, -0.1) is 0 Å². The van der Waals surface area contributed by atoms with E-state index in [1.54, 1.807) is 0 Å². The number of fused-ring (bicyclic) bond motifs is 1. The summed E-state index contributed by atoms with van der Waals surface area (Å²) >= 11 is 0. The van der Waals surface area contributed by atoms with Gasteiger partial charge in [-0.05, 0) is 54.0 Å². The van der Waals surface area contributed by atoms with Crippen LogP contribution in [0.3, 0.4) is 0 Å². The van der Waals surface area contributed by atoms with Gasteiger partial charge >= 0.3 is 0 Å². The first kappa shape index (κ1) is 15.5. The highest BCUT2D eigenvalue weighted by Crippen LogP contribution is 2.24. The van der Waals surface area contributed by atoms with Gasteiger partial charge in [-0.3, -0.25) is 4.79 Å². The van der Waals surface area contributed by atoms with E-state index in [9.17, 15) is 4.79 Å². The zero-order chi connectivity index (χ0) is 16.1. The molecule has 0 saturated heterocycles. The lowest BCUT2D eigenvalue weighted by molar-refractivity contribution is -0.116. The highest BCUT2D eigenvalue weighted by atomic mass is 16.1. The fourth-order valence-electron chi connectivity index (χ4n) is 2.90. The summed E-state index contributed by atoms with van der Waals surface area (Å²) < 4.78 is 0. The van der Waals surface area contributed by atoms with Crippen molar-refractivity contribution in [2.75, 3.05) is 5.32 Å². The third-order valence-electron chi connectivity index (χ3n) is 4.37. The van der Waals surface area contributed by atoms with Crippen molar-refractivity contribution in [3.05, 3.63) is 76.9 Å². The van der Waals surface area contributed by atoms with Crippen LogP contribution in [-0.2, 0) is 30.5 Å². The molecule has 1 N–H and O–H groups in total. The second kappa shape index (κ2) is 7.28. The van der Waals surface area contributed by atoms with Crippen LogP contribution in [-0.4, -0.2) is 5.91 Å². The number of anilines is 1. The van der Waals surface area contributed by atoms with Crippen LogP contribution in [0.2, 0.25) is 0 Å². The summed E-state index contributed by atoms with van der Waals surface area (Å²) in [7, 11) is 0. The molecule has 0 spiro atoms. The number of rotatable bonds is 5. The number of hydrogen-bond acceptors (Lipinski definition) is 1. The van der Waals surface area contributed by atoms with E-state index in [-0.39, 0.29) is 5.91 Å². The van der Waals surface area contributed by atoms with Crippen molar-refractivity contribution in [1.29, 1.82) is 0 Å². The van der Waals surface area contributed by atoms with Crippen LogP contribution < -0.4 is 5.32 Å². The molecule has 2 aromatic rings. The maximum atomic E-state index is 11.5. The van der Waals surface area contributed by atoms with Crippen molar-refractivity contribution in [3.8, 4) is 0 Å². The Balaban J connectivity index is 1.57. The van der Waals surface area contributed by atoms with Gasteiger partial charge in [-0.25, -0.2) is 0 Å². The molecular formula is C21H23NO. The summed E-state index contributed by atoms with van der Waals surface area (Å²) in [5.74, 6) is 0.126. The number of nitrogens with one attached hydrogen (secondary N) is 1. The van der Waals surface area contributed by atoms with Crippen LogP contribution in [0, 0.1) is 0 Å². The Morgan fingerprint density at radius 3 is 2.30 bits per heavy atom. The molecule has 2 heteroatoms. The van der Waals surface area contributed by atoms with E-state index < -0.39 is 0 Å². The number of hydrogen-bond donors (Lipinski definition) is 1. The molecule has 0 aromatic heterocycles. The fourth-order valence-corrected chi connectivity index (χ4v) is 2.90. The third-order valence-corrected chi connectivity index (χ3v) is 4.37. The number of carbonyl (C=O) groups is 1. The van der Waals surface area contributed by atoms with Crippen LogP contribution in [0.25, 0.3) is 0 Å². The molecule has 1 heterocycles. The summed E-state index contributed by atoms with van der Waals surface area (Å²) in [5, 5.41) is 2.96. The van der Waals surface area contributed by atoms with Gasteiger partial charge in [0.2, 0.25) is 5.91 Å². The fraction of sp³-hybridized carbons (Fsp3) is 0.286. The normalized spacial score (nSPS) is 13.9. The molecular weight excluding hydrogens is 282 g/mol. The molecule has 2 aromatic carbocycles. The van der Waals surface area contributed by atoms with Gasteiger partial charge < -0.3 is 5.32 Å². The molecule has 0 radical (unpaired) electrons. The molecule has 1 amide bonds. The molecule has 0 fully saturated rings. The van der Waals surface area contributed by atoms with Crippen LogP contribution in [0.1, 0.15) is 35.6 Å². The summed E-state index contributed by atoms with van der Waals surface area (Å²) in [6.45, 7) is 2.18. The molecule has 0 aliphatic carbocycles. The summed E-state index contributed by atoms with van der Waals surface area (Å²) in [4.78, 5) is 11.5. The smallest absolute Gasteiger partial charge is 0.224 e. The van der Waals surface area contributed by atoms with Crippen molar-refractivity contribution in [3.63, 3.8) is 0 Å². The number of aryl methyl sites for hydroxylation is 2. The first-order valence-corrected chi connectivity index (χ1v) is 8.39. The van der Waals surface area contributed by atoms with Gasteiger partial charge in [-0.1, -0.05) is 55.5 Å². The van der Waals surface area contributed by atoms with Gasteiger partial charge in [0.05, 0.1) is 0 Å². The lowest BCUT2D eigenvalue weighted by Gasteiger charge is -2.17. The number of carbonyl (C=O) groups excluding carboxylic acids is 1. The van der Waals surface area contributed by atoms with Crippen molar-refractivity contribution < 1.29 is 4.79 Å². The number of benzene rings is 2. The maximum absolute atomic E-state index is 11.5. The quantitative estimate of drug-likeness (QED) is 0.811. The molecule has 2 nitrogen and oxygen atoms in total. The minimum absolute atomic E-state index is 0.126. The Morgan fingerprint density at radius 1 is 0.913 bits per heavy atom. The van der Waals surface area contributed by atoms with Crippen molar-refractivity contribution in [2.24, 2.45) is 0 Å². The molecule has 0 saturated carbocycles. The van der Waals surface area contributed by atoms with E-state index in [0.29, 0.717) is 6.42 Å². The van der Waals surface area contributed by atoms with Crippen LogP contribution in [0.4, 0.5) is 5.69 Å². The van der Waals surface area contributed by atoms with Gasteiger partial charge in [0.1, 0.15) is 0 Å². The zero-order valence-corrected chi connectivity index (χ0v) is 13.6. The Bertz CT molecular complexity index is 713. The highest BCUT2D eigenvalue weighted by Gasteiger charge is 2.14. The lowest BCUT2D eigenvalue weighted by Crippen LogP contribution is -2.18. The number of allylic oxidation sites excluding steroid dienone is 2. The molecule has 1 aliphatic heterocycles. The van der Waals surface area contributed by atoms with E-state index in [2.05, 4.69) is 66.9 Å². The minimum Gasteiger partial charge on any atom is -0.326 e. The van der Waals surface area contributed by atoms with Crippen LogP contribution in [0.15, 0.2) is 54.6 Å². The maximum Gasteiger partial charge on any atom is 0.224 e. The third kappa shape index (κ3) is 4.10. The summed E-state index contributed by atoms with van der Waals surface area (Å²) in [6.07, 6.45) is 8.83. The zero-order valence-electron chi connectivity index (χ0n) is 13.6. The summed E-state index contributed by atoms with van der Waals surface area (Å²) in [6, 6.07) is 15.2. The monoisotopic (exact) mass is 305 g/mol. The first-order chi connectivity index (χ1) is 11.2. The molecule has 0 bridgehead atoms. The Kier molecular flexibility index (Phi) is 4.92. The number of amides is 1.